The van der Waals surface area contributed by atoms with Gasteiger partial charge in [0, 0.05) is 0 Å². The van der Waals surface area contributed by atoms with Gasteiger partial charge in [0.2, 0.25) is 0 Å². The summed E-state index contributed by atoms with van der Waals surface area (Å²) in [5, 5.41) is 0. The van der Waals surface area contributed by atoms with Crippen LogP contribution in [0, 0.1) is 58.7 Å². The van der Waals surface area contributed by atoms with Crippen molar-refractivity contribution < 1.29 is 0 Å². The molecule has 0 radical (unpaired) electrons. The lowest BCUT2D eigenvalue weighted by Gasteiger charge is -2.32. The summed E-state index contributed by atoms with van der Waals surface area (Å²) in [6.45, 7) is 32.0. The van der Waals surface area contributed by atoms with Gasteiger partial charge in [0.05, 0.1) is 0 Å². The summed E-state index contributed by atoms with van der Waals surface area (Å²) < 4.78 is 0. The van der Waals surface area contributed by atoms with Crippen molar-refractivity contribution in [2.45, 2.75) is 161 Å². The van der Waals surface area contributed by atoms with Crippen LogP contribution < -0.4 is 0 Å². The fraction of sp³-hybridized carbons (Fsp3) is 1.00. The van der Waals surface area contributed by atoms with Crippen LogP contribution in [0.1, 0.15) is 161 Å². The molecule has 0 saturated carbocycles. The van der Waals surface area contributed by atoms with E-state index in [1.807, 2.05) is 0 Å². The average molecular weight is 479 g/mol. The Bertz CT molecular complexity index is 476. The Morgan fingerprint density at radius 1 is 0.412 bits per heavy atom. The second-order valence-corrected chi connectivity index (χ2v) is 14.4. The molecule has 206 valence electrons. The van der Waals surface area contributed by atoms with Crippen LogP contribution in [0.3, 0.4) is 0 Å². The molecule has 0 heteroatoms. The maximum atomic E-state index is 2.58. The van der Waals surface area contributed by atoms with E-state index in [0.717, 1.165) is 53.3 Å². The highest BCUT2D eigenvalue weighted by atomic mass is 14.3. The minimum Gasteiger partial charge on any atom is -0.0649 e. The Kier molecular flexibility index (Phi) is 17.5. The first-order chi connectivity index (χ1) is 15.7. The molecule has 0 amide bonds. The van der Waals surface area contributed by atoms with Gasteiger partial charge in [-0.25, -0.2) is 0 Å². The molecule has 0 aromatic heterocycles. The monoisotopic (exact) mass is 479 g/mol. The van der Waals surface area contributed by atoms with Crippen LogP contribution in [0.5, 0.6) is 0 Å². The molecule has 0 aliphatic carbocycles. The van der Waals surface area contributed by atoms with E-state index in [9.17, 15) is 0 Å². The summed E-state index contributed by atoms with van der Waals surface area (Å²) in [5.74, 6) is 7.76. The molecular weight excluding hydrogens is 408 g/mol. The predicted octanol–water partition coefficient (Wildman–Crippen LogP) is 12.1. The van der Waals surface area contributed by atoms with Crippen molar-refractivity contribution in [1.29, 1.82) is 0 Å². The fourth-order valence-electron chi connectivity index (χ4n) is 5.20. The molecule has 0 fully saturated rings. The molecule has 0 saturated heterocycles. The maximum Gasteiger partial charge on any atom is -0.0328 e. The molecule has 0 nitrogen and oxygen atoms in total. The van der Waals surface area contributed by atoms with Gasteiger partial charge in [-0.1, -0.05) is 141 Å². The Morgan fingerprint density at radius 2 is 0.735 bits per heavy atom. The Hall–Kier alpha value is 0. The van der Waals surface area contributed by atoms with Crippen LogP contribution >= 0.6 is 0 Å². The van der Waals surface area contributed by atoms with Crippen molar-refractivity contribution in [3.63, 3.8) is 0 Å². The van der Waals surface area contributed by atoms with Gasteiger partial charge in [0.1, 0.15) is 0 Å². The van der Waals surface area contributed by atoms with Crippen molar-refractivity contribution in [3.8, 4) is 0 Å². The lowest BCUT2D eigenvalue weighted by Crippen LogP contribution is -2.20. The third-order valence-corrected chi connectivity index (χ3v) is 10.8. The van der Waals surface area contributed by atoms with E-state index in [1.54, 1.807) is 0 Å². The lowest BCUT2D eigenvalue weighted by molar-refractivity contribution is 0.194. The van der Waals surface area contributed by atoms with Gasteiger partial charge in [-0.3, -0.25) is 0 Å². The van der Waals surface area contributed by atoms with Crippen LogP contribution in [0.15, 0.2) is 0 Å². The van der Waals surface area contributed by atoms with Gasteiger partial charge in [-0.05, 0) is 77.9 Å². The highest BCUT2D eigenvalue weighted by Crippen LogP contribution is 2.38. The van der Waals surface area contributed by atoms with E-state index in [0.29, 0.717) is 5.41 Å². The van der Waals surface area contributed by atoms with E-state index in [1.165, 1.54) is 70.6 Å². The van der Waals surface area contributed by atoms with E-state index >= 15 is 0 Å². The largest absolute Gasteiger partial charge is 0.0649 e. The molecule has 8 atom stereocenters. The average Bonchev–Trinajstić information content (AvgIpc) is 2.80. The number of hydrogen-bond acceptors (Lipinski definition) is 0. The first-order valence-electron chi connectivity index (χ1n) is 15.7. The van der Waals surface area contributed by atoms with Gasteiger partial charge in [0.25, 0.3) is 0 Å². The molecule has 8 unspecified atom stereocenters. The number of rotatable bonds is 20. The SMILES string of the molecule is CCC(C)(CCC(C)CCC(C)C(C)CCC(C)C(C)C)CCC(C)C(C)CCC(C)C(C)C. The number of hydrogen-bond donors (Lipinski definition) is 0. The molecule has 0 aromatic carbocycles. The predicted molar refractivity (Wildman–Crippen MR) is 158 cm³/mol. The summed E-state index contributed by atoms with van der Waals surface area (Å²) in [4.78, 5) is 0. The third-order valence-electron chi connectivity index (χ3n) is 10.8. The van der Waals surface area contributed by atoms with E-state index < -0.39 is 0 Å². The Morgan fingerprint density at radius 3 is 1.12 bits per heavy atom. The Labute approximate surface area is 219 Å². The highest BCUT2D eigenvalue weighted by molar-refractivity contribution is 4.77. The molecular formula is C34H70. The van der Waals surface area contributed by atoms with Crippen LogP contribution in [0.2, 0.25) is 0 Å². The Balaban J connectivity index is 4.35. The van der Waals surface area contributed by atoms with Gasteiger partial charge in [-0.2, -0.15) is 0 Å². The van der Waals surface area contributed by atoms with Crippen LogP contribution in [-0.2, 0) is 0 Å². The quantitative estimate of drug-likeness (QED) is 0.163. The zero-order valence-electron chi connectivity index (χ0n) is 26.5. The van der Waals surface area contributed by atoms with Gasteiger partial charge >= 0.3 is 0 Å². The molecule has 0 rings (SSSR count). The molecule has 0 N–H and O–H groups in total. The summed E-state index contributed by atoms with van der Waals surface area (Å²) in [5.41, 5.74) is 0.541. The topological polar surface area (TPSA) is 0 Å². The van der Waals surface area contributed by atoms with Crippen LogP contribution in [-0.4, -0.2) is 0 Å². The molecule has 0 aliphatic heterocycles. The van der Waals surface area contributed by atoms with E-state index in [4.69, 9.17) is 0 Å². The highest BCUT2D eigenvalue weighted by Gasteiger charge is 2.25. The summed E-state index contributed by atoms with van der Waals surface area (Å²) >= 11 is 0. The summed E-state index contributed by atoms with van der Waals surface area (Å²) in [6.07, 6.45) is 15.5. The fourth-order valence-corrected chi connectivity index (χ4v) is 5.20. The standard InChI is InChI=1S/C34H70/c1-14-34(13,24-22-33(12)32(11)20-18-29(8)26(4)5)23-21-27(6)15-16-30(9)31(10)19-17-28(7)25(2)3/h25-33H,14-24H2,1-13H3. The second kappa shape index (κ2) is 17.5. The third kappa shape index (κ3) is 14.5. The summed E-state index contributed by atoms with van der Waals surface area (Å²) in [6, 6.07) is 0. The first kappa shape index (κ1) is 34.0. The van der Waals surface area contributed by atoms with Crippen molar-refractivity contribution in [1.82, 2.24) is 0 Å². The normalized spacial score (nSPS) is 20.6. The van der Waals surface area contributed by atoms with E-state index in [2.05, 4.69) is 90.0 Å². The minimum absolute atomic E-state index is 0.541. The van der Waals surface area contributed by atoms with Gasteiger partial charge < -0.3 is 0 Å². The van der Waals surface area contributed by atoms with E-state index in [-0.39, 0.29) is 0 Å². The second-order valence-electron chi connectivity index (χ2n) is 14.4. The lowest BCUT2D eigenvalue weighted by atomic mass is 9.73. The molecule has 0 spiro atoms. The minimum atomic E-state index is 0.541. The van der Waals surface area contributed by atoms with Crippen molar-refractivity contribution in [2.75, 3.05) is 0 Å². The smallest absolute Gasteiger partial charge is 0.0328 e. The van der Waals surface area contributed by atoms with Crippen LogP contribution in [0.25, 0.3) is 0 Å². The molecule has 0 bridgehead atoms. The van der Waals surface area contributed by atoms with Gasteiger partial charge in [-0.15, -0.1) is 0 Å². The molecule has 0 heterocycles. The van der Waals surface area contributed by atoms with Crippen molar-refractivity contribution >= 4 is 0 Å². The van der Waals surface area contributed by atoms with Crippen molar-refractivity contribution in [2.24, 2.45) is 58.7 Å². The molecule has 0 aliphatic rings. The molecule has 0 aromatic rings. The summed E-state index contributed by atoms with van der Waals surface area (Å²) in [7, 11) is 0. The molecule has 34 heavy (non-hydrogen) atoms. The van der Waals surface area contributed by atoms with Crippen LogP contribution in [0.4, 0.5) is 0 Å². The van der Waals surface area contributed by atoms with Gasteiger partial charge in [0.15, 0.2) is 0 Å². The first-order valence-corrected chi connectivity index (χ1v) is 15.7. The zero-order valence-corrected chi connectivity index (χ0v) is 26.5. The zero-order chi connectivity index (χ0) is 26.5. The van der Waals surface area contributed by atoms with Crippen molar-refractivity contribution in [3.05, 3.63) is 0 Å². The maximum absolute atomic E-state index is 2.58.